The number of nitrogens with zero attached hydrogens (tertiary/aromatic N) is 1. The molecule has 0 fully saturated rings. The summed E-state index contributed by atoms with van der Waals surface area (Å²) in [5, 5.41) is 10.9. The number of nitrogens with one attached hydrogen (secondary N) is 1. The number of ketones is 1. The van der Waals surface area contributed by atoms with E-state index in [1.807, 2.05) is 5.32 Å². The average molecular weight is 264 g/mol. The van der Waals surface area contributed by atoms with Crippen molar-refractivity contribution >= 4 is 17.8 Å². The number of carboxylic acids is 1. The molecule has 1 rings (SSSR count). The highest BCUT2D eigenvalue weighted by Crippen LogP contribution is 2.02. The molecule has 1 atom stereocenters. The molecule has 7 heteroatoms. The van der Waals surface area contributed by atoms with Gasteiger partial charge in [-0.1, -0.05) is 12.7 Å². The Hall–Kier alpha value is -2.70. The van der Waals surface area contributed by atoms with Crippen molar-refractivity contribution in [3.63, 3.8) is 0 Å². The Morgan fingerprint density at radius 2 is 2.26 bits per heavy atom. The van der Waals surface area contributed by atoms with Crippen LogP contribution in [-0.2, 0) is 9.53 Å². The molecule has 19 heavy (non-hydrogen) atoms. The third kappa shape index (κ3) is 4.23. The standard InChI is InChI=1S/C12H12N2O5/c1-2-6-19-12(18)14-9(11(16)17)10(15)8-4-3-5-13-7-8/h2-5,7,9H,1,6H2,(H,14,18)(H,16,17). The Morgan fingerprint density at radius 1 is 1.53 bits per heavy atom. The van der Waals surface area contributed by atoms with E-state index in [-0.39, 0.29) is 12.2 Å². The Labute approximate surface area is 108 Å². The average Bonchev–Trinajstić information content (AvgIpc) is 2.42. The van der Waals surface area contributed by atoms with Gasteiger partial charge in [-0.2, -0.15) is 0 Å². The Kier molecular flexibility index (Phi) is 5.21. The zero-order valence-electron chi connectivity index (χ0n) is 9.91. The van der Waals surface area contributed by atoms with Crippen molar-refractivity contribution in [1.82, 2.24) is 10.3 Å². The van der Waals surface area contributed by atoms with Gasteiger partial charge < -0.3 is 15.2 Å². The van der Waals surface area contributed by atoms with Crippen molar-refractivity contribution in [2.75, 3.05) is 6.61 Å². The van der Waals surface area contributed by atoms with Gasteiger partial charge in [0.15, 0.2) is 11.8 Å². The van der Waals surface area contributed by atoms with E-state index in [9.17, 15) is 14.4 Å². The summed E-state index contributed by atoms with van der Waals surface area (Å²) in [5.41, 5.74) is 0.0823. The van der Waals surface area contributed by atoms with E-state index >= 15 is 0 Å². The lowest BCUT2D eigenvalue weighted by molar-refractivity contribution is -0.137. The molecule has 0 spiro atoms. The summed E-state index contributed by atoms with van der Waals surface area (Å²) in [6.07, 6.45) is 2.97. The van der Waals surface area contributed by atoms with Gasteiger partial charge in [-0.25, -0.2) is 9.59 Å². The van der Waals surface area contributed by atoms with E-state index in [0.717, 1.165) is 0 Å². The number of aliphatic carboxylic acids is 1. The van der Waals surface area contributed by atoms with Crippen molar-refractivity contribution in [2.24, 2.45) is 0 Å². The molecule has 0 aliphatic rings. The van der Waals surface area contributed by atoms with Crippen LogP contribution in [0, 0.1) is 0 Å². The van der Waals surface area contributed by atoms with Gasteiger partial charge in [0.2, 0.25) is 0 Å². The molecule has 0 bridgehead atoms. The van der Waals surface area contributed by atoms with Crippen LogP contribution in [0.4, 0.5) is 4.79 Å². The summed E-state index contributed by atoms with van der Waals surface area (Å²) in [4.78, 5) is 37.8. The summed E-state index contributed by atoms with van der Waals surface area (Å²) in [5.74, 6) is -2.26. The summed E-state index contributed by atoms with van der Waals surface area (Å²) < 4.78 is 4.56. The van der Waals surface area contributed by atoms with E-state index in [2.05, 4.69) is 16.3 Å². The van der Waals surface area contributed by atoms with E-state index in [0.29, 0.717) is 0 Å². The quantitative estimate of drug-likeness (QED) is 0.443. The number of pyridine rings is 1. The van der Waals surface area contributed by atoms with E-state index in [4.69, 9.17) is 5.11 Å². The van der Waals surface area contributed by atoms with Crippen LogP contribution in [0.3, 0.4) is 0 Å². The molecule has 1 heterocycles. The Balaban J connectivity index is 2.78. The first-order valence-corrected chi connectivity index (χ1v) is 5.27. The van der Waals surface area contributed by atoms with Gasteiger partial charge in [0.25, 0.3) is 0 Å². The minimum absolute atomic E-state index is 0.0823. The lowest BCUT2D eigenvalue weighted by atomic mass is 10.1. The van der Waals surface area contributed by atoms with Gasteiger partial charge in [-0.15, -0.1) is 0 Å². The normalized spacial score (nSPS) is 11.2. The maximum Gasteiger partial charge on any atom is 0.408 e. The molecule has 1 aromatic rings. The van der Waals surface area contributed by atoms with Crippen LogP contribution < -0.4 is 5.32 Å². The molecule has 0 aromatic carbocycles. The minimum Gasteiger partial charge on any atom is -0.479 e. The van der Waals surface area contributed by atoms with Crippen molar-refractivity contribution in [2.45, 2.75) is 6.04 Å². The highest BCUT2D eigenvalue weighted by Gasteiger charge is 2.29. The van der Waals surface area contributed by atoms with Crippen LogP contribution in [0.5, 0.6) is 0 Å². The molecule has 0 radical (unpaired) electrons. The van der Waals surface area contributed by atoms with E-state index in [1.165, 1.54) is 30.6 Å². The van der Waals surface area contributed by atoms with Gasteiger partial charge in [0, 0.05) is 18.0 Å². The van der Waals surface area contributed by atoms with Crippen LogP contribution in [0.25, 0.3) is 0 Å². The lowest BCUT2D eigenvalue weighted by Crippen LogP contribution is -2.46. The summed E-state index contributed by atoms with van der Waals surface area (Å²) >= 11 is 0. The van der Waals surface area contributed by atoms with Crippen molar-refractivity contribution in [1.29, 1.82) is 0 Å². The molecule has 0 aliphatic heterocycles. The zero-order valence-corrected chi connectivity index (χ0v) is 9.91. The van der Waals surface area contributed by atoms with Crippen LogP contribution in [0.15, 0.2) is 37.2 Å². The van der Waals surface area contributed by atoms with Crippen LogP contribution in [0.1, 0.15) is 10.4 Å². The fourth-order valence-corrected chi connectivity index (χ4v) is 1.21. The van der Waals surface area contributed by atoms with Crippen LogP contribution in [0.2, 0.25) is 0 Å². The molecule has 7 nitrogen and oxygen atoms in total. The van der Waals surface area contributed by atoms with Crippen molar-refractivity contribution in [3.8, 4) is 0 Å². The molecule has 0 saturated heterocycles. The molecule has 1 amide bonds. The number of carbonyl (C=O) groups excluding carboxylic acids is 2. The highest BCUT2D eigenvalue weighted by atomic mass is 16.5. The highest BCUT2D eigenvalue weighted by molar-refractivity contribution is 6.12. The molecule has 0 aliphatic carbocycles. The van der Waals surface area contributed by atoms with Crippen LogP contribution >= 0.6 is 0 Å². The number of carbonyl (C=O) groups is 3. The SMILES string of the molecule is C=CCOC(=O)NC(C(=O)O)C(=O)c1cccnc1. The molecular weight excluding hydrogens is 252 g/mol. The predicted molar refractivity (Wildman–Crippen MR) is 64.7 cm³/mol. The molecular formula is C12H12N2O5. The summed E-state index contributed by atoms with van der Waals surface area (Å²) in [7, 11) is 0. The van der Waals surface area contributed by atoms with Gasteiger partial charge in [0.1, 0.15) is 6.61 Å². The summed E-state index contributed by atoms with van der Waals surface area (Å²) in [6.45, 7) is 3.25. The fourth-order valence-electron chi connectivity index (χ4n) is 1.21. The topological polar surface area (TPSA) is 106 Å². The van der Waals surface area contributed by atoms with Gasteiger partial charge in [-0.3, -0.25) is 9.78 Å². The smallest absolute Gasteiger partial charge is 0.408 e. The third-order valence-corrected chi connectivity index (χ3v) is 2.05. The first-order valence-electron chi connectivity index (χ1n) is 5.27. The first kappa shape index (κ1) is 14.4. The fraction of sp³-hybridized carbons (Fsp3) is 0.167. The number of alkyl carbamates (subject to hydrolysis) is 1. The Bertz CT molecular complexity index is 486. The first-order chi connectivity index (χ1) is 9.06. The van der Waals surface area contributed by atoms with Gasteiger partial charge in [0.05, 0.1) is 0 Å². The number of ether oxygens (including phenoxy) is 1. The van der Waals surface area contributed by atoms with E-state index < -0.39 is 23.9 Å². The predicted octanol–water partition coefficient (Wildman–Crippen LogP) is 0.630. The largest absolute Gasteiger partial charge is 0.479 e. The number of aromatic nitrogens is 1. The zero-order chi connectivity index (χ0) is 14.3. The second kappa shape index (κ2) is 6.90. The van der Waals surface area contributed by atoms with Gasteiger partial charge >= 0.3 is 12.1 Å². The number of rotatable bonds is 6. The second-order valence-corrected chi connectivity index (χ2v) is 3.41. The molecule has 100 valence electrons. The molecule has 2 N–H and O–H groups in total. The third-order valence-electron chi connectivity index (χ3n) is 2.05. The monoisotopic (exact) mass is 264 g/mol. The number of hydrogen-bond donors (Lipinski definition) is 2. The summed E-state index contributed by atoms with van der Waals surface area (Å²) in [6, 6.07) is 1.17. The second-order valence-electron chi connectivity index (χ2n) is 3.41. The minimum atomic E-state index is -1.72. The van der Waals surface area contributed by atoms with Crippen LogP contribution in [-0.4, -0.2) is 40.6 Å². The molecule has 1 aromatic heterocycles. The van der Waals surface area contributed by atoms with E-state index in [1.54, 1.807) is 0 Å². The van der Waals surface area contributed by atoms with Gasteiger partial charge in [-0.05, 0) is 12.1 Å². The number of amides is 1. The van der Waals surface area contributed by atoms with Crippen molar-refractivity contribution < 1.29 is 24.2 Å². The molecule has 0 saturated carbocycles. The molecule has 1 unspecified atom stereocenters. The maximum atomic E-state index is 11.9. The maximum absolute atomic E-state index is 11.9. The number of carboxylic acid groups (broad SMARTS) is 1. The number of hydrogen-bond acceptors (Lipinski definition) is 5. The number of Topliss-reactive ketones (excluding diaryl/α,β-unsaturated/α-hetero) is 1. The van der Waals surface area contributed by atoms with Crippen molar-refractivity contribution in [3.05, 3.63) is 42.7 Å². The lowest BCUT2D eigenvalue weighted by Gasteiger charge is -2.12. The Morgan fingerprint density at radius 3 is 2.79 bits per heavy atom.